The molecule has 1 aliphatic rings. The van der Waals surface area contributed by atoms with E-state index in [-0.39, 0.29) is 5.91 Å². The van der Waals surface area contributed by atoms with Gasteiger partial charge in [-0.1, -0.05) is 0 Å². The van der Waals surface area contributed by atoms with E-state index in [1.165, 1.54) is 0 Å². The fourth-order valence-corrected chi connectivity index (χ4v) is 4.04. The number of ether oxygens (including phenoxy) is 3. The summed E-state index contributed by atoms with van der Waals surface area (Å²) in [6.07, 6.45) is 0. The van der Waals surface area contributed by atoms with E-state index in [0.29, 0.717) is 63.1 Å². The van der Waals surface area contributed by atoms with Crippen molar-refractivity contribution in [3.63, 3.8) is 0 Å². The molecule has 0 N–H and O–H groups in total. The summed E-state index contributed by atoms with van der Waals surface area (Å²) in [5.74, 6) is 2.90. The molecule has 8 heteroatoms. The quantitative estimate of drug-likeness (QED) is 0.456. The van der Waals surface area contributed by atoms with Gasteiger partial charge < -0.3 is 24.0 Å². The van der Waals surface area contributed by atoms with E-state index in [9.17, 15) is 4.79 Å². The standard InChI is InChI=1S/C27H32N4O4/c1-4-33-22-10-7-20(8-11-22)23-12-14-26(29-28-23)30-15-17-31(18-16-30)27(32)21-9-13-24(34-5-2)25(19-21)35-6-3/h7-14,19H,4-6,15-18H2,1-3H3. The van der Waals surface area contributed by atoms with E-state index in [1.807, 2.05) is 62.1 Å². The molecule has 0 bridgehead atoms. The lowest BCUT2D eigenvalue weighted by atomic mass is 10.1. The van der Waals surface area contributed by atoms with Crippen molar-refractivity contribution in [3.8, 4) is 28.5 Å². The topological polar surface area (TPSA) is 77.0 Å². The largest absolute Gasteiger partial charge is 0.494 e. The third-order valence-corrected chi connectivity index (χ3v) is 5.79. The van der Waals surface area contributed by atoms with E-state index in [1.54, 1.807) is 18.2 Å². The first-order valence-corrected chi connectivity index (χ1v) is 12.1. The number of rotatable bonds is 9. The van der Waals surface area contributed by atoms with Gasteiger partial charge in [0.05, 0.1) is 25.5 Å². The first-order valence-electron chi connectivity index (χ1n) is 12.1. The van der Waals surface area contributed by atoms with E-state index < -0.39 is 0 Å². The van der Waals surface area contributed by atoms with Crippen molar-refractivity contribution in [1.29, 1.82) is 0 Å². The maximum Gasteiger partial charge on any atom is 0.254 e. The summed E-state index contributed by atoms with van der Waals surface area (Å²) in [5.41, 5.74) is 2.40. The van der Waals surface area contributed by atoms with Crippen LogP contribution in [0.4, 0.5) is 5.82 Å². The highest BCUT2D eigenvalue weighted by atomic mass is 16.5. The zero-order valence-electron chi connectivity index (χ0n) is 20.6. The molecule has 0 aliphatic carbocycles. The highest BCUT2D eigenvalue weighted by molar-refractivity contribution is 5.95. The number of carbonyl (C=O) groups is 1. The lowest BCUT2D eigenvalue weighted by molar-refractivity contribution is 0.0746. The molecule has 8 nitrogen and oxygen atoms in total. The summed E-state index contributed by atoms with van der Waals surface area (Å²) < 4.78 is 16.8. The van der Waals surface area contributed by atoms with Gasteiger partial charge in [-0.15, -0.1) is 10.2 Å². The first-order chi connectivity index (χ1) is 17.1. The highest BCUT2D eigenvalue weighted by Gasteiger charge is 2.24. The van der Waals surface area contributed by atoms with E-state index in [0.717, 1.165) is 22.8 Å². The number of anilines is 1. The molecule has 0 radical (unpaired) electrons. The predicted molar refractivity (Wildman–Crippen MR) is 136 cm³/mol. The minimum absolute atomic E-state index is 0.00872. The summed E-state index contributed by atoms with van der Waals surface area (Å²) in [6.45, 7) is 10.1. The Morgan fingerprint density at radius 1 is 0.771 bits per heavy atom. The maximum absolute atomic E-state index is 13.1. The third-order valence-electron chi connectivity index (χ3n) is 5.79. The highest BCUT2D eigenvalue weighted by Crippen LogP contribution is 2.29. The van der Waals surface area contributed by atoms with Crippen LogP contribution >= 0.6 is 0 Å². The summed E-state index contributed by atoms with van der Waals surface area (Å²) in [6, 6.07) is 17.2. The molecule has 0 saturated carbocycles. The Hall–Kier alpha value is -3.81. The van der Waals surface area contributed by atoms with Crippen LogP contribution in [-0.4, -0.2) is 67.0 Å². The zero-order chi connectivity index (χ0) is 24.6. The second kappa shape index (κ2) is 11.6. The Kier molecular flexibility index (Phi) is 8.03. The van der Waals surface area contributed by atoms with Crippen LogP contribution in [-0.2, 0) is 0 Å². The first kappa shape index (κ1) is 24.3. The smallest absolute Gasteiger partial charge is 0.254 e. The molecule has 1 amide bonds. The Morgan fingerprint density at radius 3 is 2.09 bits per heavy atom. The molecule has 1 saturated heterocycles. The number of carbonyl (C=O) groups excluding carboxylic acids is 1. The molecule has 0 atom stereocenters. The monoisotopic (exact) mass is 476 g/mol. The minimum Gasteiger partial charge on any atom is -0.494 e. The summed E-state index contributed by atoms with van der Waals surface area (Å²) in [5, 5.41) is 8.85. The summed E-state index contributed by atoms with van der Waals surface area (Å²) in [7, 11) is 0. The van der Waals surface area contributed by atoms with Crippen molar-refractivity contribution < 1.29 is 19.0 Å². The molecule has 35 heavy (non-hydrogen) atoms. The number of hydrogen-bond acceptors (Lipinski definition) is 7. The van der Waals surface area contributed by atoms with Crippen LogP contribution in [0.1, 0.15) is 31.1 Å². The Bertz CT molecular complexity index is 1110. The van der Waals surface area contributed by atoms with Crippen LogP contribution in [0.2, 0.25) is 0 Å². The molecule has 1 fully saturated rings. The van der Waals surface area contributed by atoms with Crippen molar-refractivity contribution in [1.82, 2.24) is 15.1 Å². The van der Waals surface area contributed by atoms with Crippen LogP contribution in [0.15, 0.2) is 54.6 Å². The van der Waals surface area contributed by atoms with Gasteiger partial charge in [0, 0.05) is 37.3 Å². The minimum atomic E-state index is -0.00872. The molecule has 184 valence electrons. The SMILES string of the molecule is CCOc1ccc(-c2ccc(N3CCN(C(=O)c4ccc(OCC)c(OCC)c4)CC3)nn2)cc1. The van der Waals surface area contributed by atoms with Crippen molar-refractivity contribution >= 4 is 11.7 Å². The number of amides is 1. The van der Waals surface area contributed by atoms with E-state index in [2.05, 4.69) is 15.1 Å². The number of nitrogens with zero attached hydrogens (tertiary/aromatic N) is 4. The molecule has 1 aliphatic heterocycles. The van der Waals surface area contributed by atoms with Crippen molar-refractivity contribution in [2.45, 2.75) is 20.8 Å². The number of benzene rings is 2. The number of hydrogen-bond donors (Lipinski definition) is 0. The number of piperazine rings is 1. The van der Waals surface area contributed by atoms with Crippen LogP contribution in [0, 0.1) is 0 Å². The van der Waals surface area contributed by atoms with E-state index in [4.69, 9.17) is 14.2 Å². The molecule has 0 unspecified atom stereocenters. The summed E-state index contributed by atoms with van der Waals surface area (Å²) in [4.78, 5) is 17.1. The van der Waals surface area contributed by atoms with Gasteiger partial charge in [0.1, 0.15) is 5.75 Å². The fraction of sp³-hybridized carbons (Fsp3) is 0.370. The Labute approximate surface area is 206 Å². The van der Waals surface area contributed by atoms with Gasteiger partial charge >= 0.3 is 0 Å². The van der Waals surface area contributed by atoms with Crippen molar-refractivity contribution in [2.75, 3.05) is 50.9 Å². The second-order valence-corrected chi connectivity index (χ2v) is 8.04. The van der Waals surface area contributed by atoms with Gasteiger partial charge in [-0.25, -0.2) is 0 Å². The van der Waals surface area contributed by atoms with Crippen molar-refractivity contribution in [3.05, 3.63) is 60.2 Å². The van der Waals surface area contributed by atoms with Crippen LogP contribution in [0.25, 0.3) is 11.3 Å². The lowest BCUT2D eigenvalue weighted by Gasteiger charge is -2.35. The Balaban J connectivity index is 1.37. The molecule has 3 aromatic rings. The van der Waals surface area contributed by atoms with Gasteiger partial charge in [0.2, 0.25) is 0 Å². The van der Waals surface area contributed by atoms with E-state index >= 15 is 0 Å². The van der Waals surface area contributed by atoms with Crippen molar-refractivity contribution in [2.24, 2.45) is 0 Å². The third kappa shape index (κ3) is 5.82. The normalized spacial score (nSPS) is 13.5. The van der Waals surface area contributed by atoms with Crippen LogP contribution < -0.4 is 19.1 Å². The molecule has 2 aromatic carbocycles. The number of aromatic nitrogens is 2. The van der Waals surface area contributed by atoms with Gasteiger partial charge in [-0.05, 0) is 75.4 Å². The molecule has 2 heterocycles. The second-order valence-electron chi connectivity index (χ2n) is 8.04. The van der Waals surface area contributed by atoms with Gasteiger partial charge in [-0.3, -0.25) is 4.79 Å². The molecule has 0 spiro atoms. The van der Waals surface area contributed by atoms with Gasteiger partial charge in [0.25, 0.3) is 5.91 Å². The lowest BCUT2D eigenvalue weighted by Crippen LogP contribution is -2.49. The maximum atomic E-state index is 13.1. The van der Waals surface area contributed by atoms with Gasteiger partial charge in [-0.2, -0.15) is 0 Å². The molecular weight excluding hydrogens is 444 g/mol. The average Bonchev–Trinajstić information content (AvgIpc) is 2.90. The summed E-state index contributed by atoms with van der Waals surface area (Å²) >= 11 is 0. The average molecular weight is 477 g/mol. The predicted octanol–water partition coefficient (Wildman–Crippen LogP) is 4.30. The Morgan fingerprint density at radius 2 is 1.46 bits per heavy atom. The fourth-order valence-electron chi connectivity index (χ4n) is 4.04. The molecule has 4 rings (SSSR count). The molecule has 1 aromatic heterocycles. The van der Waals surface area contributed by atoms with Crippen LogP contribution in [0.3, 0.4) is 0 Å². The van der Waals surface area contributed by atoms with Crippen LogP contribution in [0.5, 0.6) is 17.2 Å². The van der Waals surface area contributed by atoms with Gasteiger partial charge in [0.15, 0.2) is 17.3 Å². The molecular formula is C27H32N4O4. The zero-order valence-corrected chi connectivity index (χ0v) is 20.6.